The lowest BCUT2D eigenvalue weighted by Gasteiger charge is -2.12. The molecule has 0 radical (unpaired) electrons. The fourth-order valence-electron chi connectivity index (χ4n) is 1.52. The second kappa shape index (κ2) is 6.96. The van der Waals surface area contributed by atoms with Crippen LogP contribution in [0.3, 0.4) is 0 Å². The minimum Gasteiger partial charge on any atom is -0.389 e. The Labute approximate surface area is 113 Å². The lowest BCUT2D eigenvalue weighted by molar-refractivity contribution is -0.119. The standard InChI is InChI=1S/C13H19N3OS/c1-3-6-15-12(17)8-16-11-7-9(2)4-5-10(11)13(14)18/h4-5,7,16H,3,6,8H2,1-2H3,(H2,14,18)(H,15,17). The SMILES string of the molecule is CCCNC(=O)CNc1cc(C)ccc1C(N)=S. The minimum atomic E-state index is -0.0350. The number of aryl methyl sites for hydroxylation is 1. The Hall–Kier alpha value is -1.62. The molecule has 18 heavy (non-hydrogen) atoms. The highest BCUT2D eigenvalue weighted by atomic mass is 32.1. The summed E-state index contributed by atoms with van der Waals surface area (Å²) in [6.45, 7) is 4.90. The number of carbonyl (C=O) groups is 1. The number of thiocarbonyl (C=S) groups is 1. The molecular weight excluding hydrogens is 246 g/mol. The summed E-state index contributed by atoms with van der Waals surface area (Å²) in [5.74, 6) is -0.0350. The molecule has 0 aromatic heterocycles. The third-order valence-electron chi connectivity index (χ3n) is 2.45. The van der Waals surface area contributed by atoms with Crippen molar-refractivity contribution in [2.75, 3.05) is 18.4 Å². The van der Waals surface area contributed by atoms with Gasteiger partial charge < -0.3 is 16.4 Å². The first-order valence-corrected chi connectivity index (χ1v) is 6.36. The van der Waals surface area contributed by atoms with Gasteiger partial charge in [-0.15, -0.1) is 0 Å². The van der Waals surface area contributed by atoms with E-state index in [0.29, 0.717) is 11.5 Å². The summed E-state index contributed by atoms with van der Waals surface area (Å²) in [6, 6.07) is 5.74. The number of nitrogens with two attached hydrogens (primary N) is 1. The number of hydrogen-bond donors (Lipinski definition) is 3. The molecule has 0 aliphatic carbocycles. The van der Waals surface area contributed by atoms with Gasteiger partial charge in [0.15, 0.2) is 0 Å². The number of amides is 1. The van der Waals surface area contributed by atoms with Crippen molar-refractivity contribution in [2.24, 2.45) is 5.73 Å². The predicted molar refractivity (Wildman–Crippen MR) is 78.9 cm³/mol. The molecule has 0 fully saturated rings. The summed E-state index contributed by atoms with van der Waals surface area (Å²) in [6.07, 6.45) is 0.925. The quantitative estimate of drug-likeness (QED) is 0.683. The van der Waals surface area contributed by atoms with Gasteiger partial charge in [0.1, 0.15) is 4.99 Å². The Morgan fingerprint density at radius 2 is 2.17 bits per heavy atom. The third-order valence-corrected chi connectivity index (χ3v) is 2.67. The highest BCUT2D eigenvalue weighted by Gasteiger charge is 2.07. The molecule has 4 nitrogen and oxygen atoms in total. The van der Waals surface area contributed by atoms with Crippen LogP contribution >= 0.6 is 12.2 Å². The largest absolute Gasteiger partial charge is 0.389 e. The fraction of sp³-hybridized carbons (Fsp3) is 0.385. The lowest BCUT2D eigenvalue weighted by atomic mass is 10.1. The minimum absolute atomic E-state index is 0.0350. The highest BCUT2D eigenvalue weighted by molar-refractivity contribution is 7.80. The molecule has 1 aromatic carbocycles. The summed E-state index contributed by atoms with van der Waals surface area (Å²) in [5.41, 5.74) is 8.29. The van der Waals surface area contributed by atoms with Gasteiger partial charge in [0.2, 0.25) is 5.91 Å². The molecule has 0 aliphatic rings. The molecule has 4 N–H and O–H groups in total. The van der Waals surface area contributed by atoms with E-state index in [2.05, 4.69) is 10.6 Å². The normalized spacial score (nSPS) is 9.89. The molecule has 0 saturated heterocycles. The molecule has 1 aromatic rings. The van der Waals surface area contributed by atoms with Crippen molar-refractivity contribution in [3.05, 3.63) is 29.3 Å². The van der Waals surface area contributed by atoms with Crippen LogP contribution in [0.2, 0.25) is 0 Å². The number of carbonyl (C=O) groups excluding carboxylic acids is 1. The van der Waals surface area contributed by atoms with Crippen LogP contribution in [0, 0.1) is 6.92 Å². The van der Waals surface area contributed by atoms with E-state index in [4.69, 9.17) is 18.0 Å². The van der Waals surface area contributed by atoms with Gasteiger partial charge in [-0.1, -0.05) is 25.2 Å². The van der Waals surface area contributed by atoms with Gasteiger partial charge in [-0.05, 0) is 31.0 Å². The van der Waals surface area contributed by atoms with Gasteiger partial charge in [-0.3, -0.25) is 4.79 Å². The summed E-state index contributed by atoms with van der Waals surface area (Å²) in [5, 5.41) is 5.86. The summed E-state index contributed by atoms with van der Waals surface area (Å²) in [4.78, 5) is 11.8. The van der Waals surface area contributed by atoms with Gasteiger partial charge in [-0.25, -0.2) is 0 Å². The van der Waals surface area contributed by atoms with Crippen molar-refractivity contribution < 1.29 is 4.79 Å². The molecule has 0 bridgehead atoms. The summed E-state index contributed by atoms with van der Waals surface area (Å²) in [7, 11) is 0. The maximum atomic E-state index is 11.5. The first kappa shape index (κ1) is 14.4. The van der Waals surface area contributed by atoms with Gasteiger partial charge in [0.05, 0.1) is 6.54 Å². The molecule has 98 valence electrons. The van der Waals surface area contributed by atoms with Crippen molar-refractivity contribution >= 4 is 28.8 Å². The van der Waals surface area contributed by atoms with Crippen LogP contribution in [0.5, 0.6) is 0 Å². The average molecular weight is 265 g/mol. The van der Waals surface area contributed by atoms with E-state index in [1.54, 1.807) is 0 Å². The van der Waals surface area contributed by atoms with E-state index >= 15 is 0 Å². The molecule has 0 unspecified atom stereocenters. The van der Waals surface area contributed by atoms with E-state index in [0.717, 1.165) is 23.2 Å². The molecule has 0 spiro atoms. The Morgan fingerprint density at radius 3 is 2.78 bits per heavy atom. The number of rotatable bonds is 6. The Balaban J connectivity index is 2.68. The number of anilines is 1. The molecular formula is C13H19N3OS. The van der Waals surface area contributed by atoms with Crippen LogP contribution in [-0.2, 0) is 4.79 Å². The van der Waals surface area contributed by atoms with Crippen molar-refractivity contribution in [1.29, 1.82) is 0 Å². The van der Waals surface area contributed by atoms with Gasteiger partial charge in [-0.2, -0.15) is 0 Å². The van der Waals surface area contributed by atoms with Crippen molar-refractivity contribution in [3.8, 4) is 0 Å². The maximum Gasteiger partial charge on any atom is 0.239 e. The molecule has 0 aliphatic heterocycles. The highest BCUT2D eigenvalue weighted by Crippen LogP contribution is 2.17. The van der Waals surface area contributed by atoms with E-state index in [9.17, 15) is 4.79 Å². The average Bonchev–Trinajstić information content (AvgIpc) is 2.33. The monoisotopic (exact) mass is 265 g/mol. The van der Waals surface area contributed by atoms with Crippen LogP contribution in [0.1, 0.15) is 24.5 Å². The van der Waals surface area contributed by atoms with Crippen molar-refractivity contribution in [1.82, 2.24) is 5.32 Å². The van der Waals surface area contributed by atoms with Crippen molar-refractivity contribution in [2.45, 2.75) is 20.3 Å². The Morgan fingerprint density at radius 1 is 1.44 bits per heavy atom. The summed E-state index contributed by atoms with van der Waals surface area (Å²) < 4.78 is 0. The van der Waals surface area contributed by atoms with Crippen LogP contribution < -0.4 is 16.4 Å². The topological polar surface area (TPSA) is 67.2 Å². The molecule has 5 heteroatoms. The van der Waals surface area contributed by atoms with E-state index in [1.165, 1.54) is 0 Å². The number of nitrogens with one attached hydrogen (secondary N) is 2. The van der Waals surface area contributed by atoms with Gasteiger partial charge >= 0.3 is 0 Å². The Bertz CT molecular complexity index is 446. The molecule has 0 atom stereocenters. The molecule has 0 heterocycles. The number of benzene rings is 1. The van der Waals surface area contributed by atoms with Crippen LogP contribution in [0.15, 0.2) is 18.2 Å². The van der Waals surface area contributed by atoms with Gasteiger partial charge in [0.25, 0.3) is 0 Å². The van der Waals surface area contributed by atoms with Crippen molar-refractivity contribution in [3.63, 3.8) is 0 Å². The predicted octanol–water partition coefficient (Wildman–Crippen LogP) is 1.57. The zero-order valence-corrected chi connectivity index (χ0v) is 11.6. The lowest BCUT2D eigenvalue weighted by Crippen LogP contribution is -2.30. The third kappa shape index (κ3) is 4.33. The number of hydrogen-bond acceptors (Lipinski definition) is 3. The molecule has 1 amide bonds. The van der Waals surface area contributed by atoms with Crippen LogP contribution in [0.25, 0.3) is 0 Å². The van der Waals surface area contributed by atoms with E-state index in [1.807, 2.05) is 32.0 Å². The zero-order chi connectivity index (χ0) is 13.5. The first-order valence-electron chi connectivity index (χ1n) is 5.95. The molecule has 1 rings (SSSR count). The molecule has 0 saturated carbocycles. The fourth-order valence-corrected chi connectivity index (χ4v) is 1.70. The second-order valence-corrected chi connectivity index (χ2v) is 4.56. The Kier molecular flexibility index (Phi) is 5.58. The maximum absolute atomic E-state index is 11.5. The van der Waals surface area contributed by atoms with E-state index in [-0.39, 0.29) is 12.5 Å². The summed E-state index contributed by atoms with van der Waals surface area (Å²) >= 11 is 4.98. The first-order chi connectivity index (χ1) is 8.54. The second-order valence-electron chi connectivity index (χ2n) is 4.12. The van der Waals surface area contributed by atoms with Gasteiger partial charge in [0, 0.05) is 17.8 Å². The van der Waals surface area contributed by atoms with E-state index < -0.39 is 0 Å². The van der Waals surface area contributed by atoms with Crippen LogP contribution in [-0.4, -0.2) is 24.0 Å². The smallest absolute Gasteiger partial charge is 0.239 e. The van der Waals surface area contributed by atoms with Crippen LogP contribution in [0.4, 0.5) is 5.69 Å². The zero-order valence-electron chi connectivity index (χ0n) is 10.7.